The molecule has 2 heteroatoms. The van der Waals surface area contributed by atoms with E-state index < -0.39 is 10.8 Å². The van der Waals surface area contributed by atoms with E-state index in [4.69, 9.17) is 4.42 Å². The molecule has 0 atom stereocenters. The number of benzene rings is 12. The highest BCUT2D eigenvalue weighted by atomic mass is 16.3. The van der Waals surface area contributed by atoms with E-state index in [2.05, 4.69) is 290 Å². The number of rotatable bonds is 9. The van der Waals surface area contributed by atoms with Crippen LogP contribution in [0, 0.1) is 0 Å². The molecule has 2 nitrogen and oxygen atoms in total. The Bertz CT molecular complexity index is 4250. The van der Waals surface area contributed by atoms with Crippen LogP contribution in [0.5, 0.6) is 0 Å². The van der Waals surface area contributed by atoms with Gasteiger partial charge in [0.05, 0.1) is 10.8 Å². The fourth-order valence-electron chi connectivity index (χ4n) is 13.3. The van der Waals surface area contributed by atoms with Gasteiger partial charge in [-0.1, -0.05) is 243 Å². The Hall–Kier alpha value is -9.76. The summed E-state index contributed by atoms with van der Waals surface area (Å²) in [5.74, 6) is 0. The lowest BCUT2D eigenvalue weighted by molar-refractivity contribution is 0.669. The van der Waals surface area contributed by atoms with Crippen LogP contribution in [-0.4, -0.2) is 0 Å². The van der Waals surface area contributed by atoms with Gasteiger partial charge in [0.25, 0.3) is 0 Å². The minimum Gasteiger partial charge on any atom is -0.456 e. The molecule has 13 aromatic rings. The summed E-state index contributed by atoms with van der Waals surface area (Å²) in [6, 6.07) is 110. The molecule has 76 heavy (non-hydrogen) atoms. The van der Waals surface area contributed by atoms with Crippen LogP contribution in [0.15, 0.2) is 302 Å². The minimum absolute atomic E-state index is 0.483. The molecule has 0 fully saturated rings. The lowest BCUT2D eigenvalue weighted by atomic mass is 9.67. The zero-order valence-corrected chi connectivity index (χ0v) is 41.6. The molecule has 0 saturated carbocycles. The van der Waals surface area contributed by atoms with E-state index in [0.717, 1.165) is 50.1 Å². The van der Waals surface area contributed by atoms with Gasteiger partial charge in [-0.3, -0.25) is 0 Å². The van der Waals surface area contributed by atoms with E-state index in [1.807, 2.05) is 12.1 Å². The zero-order chi connectivity index (χ0) is 50.2. The molecule has 2 aliphatic carbocycles. The smallest absolute Gasteiger partial charge is 0.135 e. The third-order valence-electron chi connectivity index (χ3n) is 16.4. The van der Waals surface area contributed by atoms with E-state index in [0.29, 0.717) is 0 Å². The second kappa shape index (κ2) is 17.4. The molecule has 0 radical (unpaired) electrons. The Balaban J connectivity index is 0.925. The Morgan fingerprint density at radius 3 is 1.38 bits per heavy atom. The van der Waals surface area contributed by atoms with Gasteiger partial charge in [-0.15, -0.1) is 0 Å². The van der Waals surface area contributed by atoms with E-state index >= 15 is 0 Å². The van der Waals surface area contributed by atoms with Gasteiger partial charge in [0.1, 0.15) is 11.2 Å². The molecule has 0 bridgehead atoms. The number of fused-ring (bicyclic) bond motifs is 9. The third kappa shape index (κ3) is 6.47. The molecule has 12 aromatic carbocycles. The van der Waals surface area contributed by atoms with E-state index in [1.165, 1.54) is 77.9 Å². The van der Waals surface area contributed by atoms with Crippen molar-refractivity contribution in [1.29, 1.82) is 0 Å². The van der Waals surface area contributed by atoms with Crippen molar-refractivity contribution < 1.29 is 4.42 Å². The van der Waals surface area contributed by atoms with Crippen molar-refractivity contribution in [2.75, 3.05) is 4.90 Å². The van der Waals surface area contributed by atoms with Crippen molar-refractivity contribution in [2.24, 2.45) is 0 Å². The summed E-state index contributed by atoms with van der Waals surface area (Å²) < 4.78 is 6.29. The van der Waals surface area contributed by atoms with Gasteiger partial charge in [0.2, 0.25) is 0 Å². The number of nitrogens with zero attached hydrogens (tertiary/aromatic N) is 1. The van der Waals surface area contributed by atoms with Crippen LogP contribution in [-0.2, 0) is 10.8 Å². The van der Waals surface area contributed by atoms with E-state index in [-0.39, 0.29) is 0 Å². The van der Waals surface area contributed by atoms with Gasteiger partial charge in [0, 0.05) is 27.8 Å². The third-order valence-corrected chi connectivity index (χ3v) is 16.4. The lowest BCUT2D eigenvalue weighted by Gasteiger charge is -2.35. The fraction of sp³-hybridized carbons (Fsp3) is 0.0270. The highest BCUT2D eigenvalue weighted by Gasteiger charge is 2.48. The maximum atomic E-state index is 6.29. The summed E-state index contributed by atoms with van der Waals surface area (Å²) in [7, 11) is 0. The molecule has 2 aliphatic rings. The van der Waals surface area contributed by atoms with Crippen molar-refractivity contribution in [2.45, 2.75) is 10.8 Å². The lowest BCUT2D eigenvalue weighted by Crippen LogP contribution is -2.28. The first-order valence-corrected chi connectivity index (χ1v) is 26.3. The predicted molar refractivity (Wildman–Crippen MR) is 314 cm³/mol. The summed E-state index contributed by atoms with van der Waals surface area (Å²) in [6.07, 6.45) is 0. The molecule has 1 heterocycles. The minimum atomic E-state index is -0.552. The average Bonchev–Trinajstić information content (AvgIpc) is 4.32. The Labute approximate surface area is 443 Å². The van der Waals surface area contributed by atoms with Crippen molar-refractivity contribution in [3.63, 3.8) is 0 Å². The van der Waals surface area contributed by atoms with Gasteiger partial charge >= 0.3 is 0 Å². The Morgan fingerprint density at radius 2 is 0.711 bits per heavy atom. The number of anilines is 3. The van der Waals surface area contributed by atoms with Gasteiger partial charge < -0.3 is 9.32 Å². The summed E-state index contributed by atoms with van der Waals surface area (Å²) in [5.41, 5.74) is 23.8. The molecule has 0 unspecified atom stereocenters. The molecular weight excluding hydrogens is 919 g/mol. The van der Waals surface area contributed by atoms with Crippen LogP contribution < -0.4 is 4.90 Å². The number of furan rings is 1. The Morgan fingerprint density at radius 1 is 0.250 bits per heavy atom. The number of para-hydroxylation sites is 1. The largest absolute Gasteiger partial charge is 0.456 e. The summed E-state index contributed by atoms with van der Waals surface area (Å²) in [4.78, 5) is 2.45. The topological polar surface area (TPSA) is 16.4 Å². The summed E-state index contributed by atoms with van der Waals surface area (Å²) in [6.45, 7) is 0. The molecule has 0 saturated heterocycles. The molecule has 0 spiro atoms. The van der Waals surface area contributed by atoms with E-state index in [1.54, 1.807) is 0 Å². The molecule has 0 N–H and O–H groups in total. The first-order valence-electron chi connectivity index (χ1n) is 26.3. The first kappa shape index (κ1) is 43.8. The number of hydrogen-bond donors (Lipinski definition) is 0. The van der Waals surface area contributed by atoms with Crippen LogP contribution in [0.2, 0.25) is 0 Å². The Kier molecular flexibility index (Phi) is 10.0. The van der Waals surface area contributed by atoms with Crippen LogP contribution in [0.25, 0.3) is 66.4 Å². The molecular formula is C74H49NO. The standard InChI is InChI=1S/C74H49NO/c1-5-22-53(23-6-1)73(54-24-7-2-8-25-54)67-36-17-14-33-64(67)72-60(34-20-37-68(72)73)50-39-42-57(43-40-50)75(58-30-19-21-51(47-58)52-41-46-71-65(48-52)63-32-15-18-38-70(63)76-71)59-44-45-62-61-31-13-16-35-66(61)74(69(62)49-59,55-26-9-3-10-27-55)56-28-11-4-12-29-56/h1-49H. The molecule has 0 amide bonds. The second-order valence-electron chi connectivity index (χ2n) is 20.3. The summed E-state index contributed by atoms with van der Waals surface area (Å²) >= 11 is 0. The van der Waals surface area contributed by atoms with Crippen molar-refractivity contribution in [1.82, 2.24) is 0 Å². The predicted octanol–water partition coefficient (Wildman–Crippen LogP) is 19.1. The summed E-state index contributed by atoms with van der Waals surface area (Å²) in [5, 5.41) is 2.23. The van der Waals surface area contributed by atoms with Crippen molar-refractivity contribution >= 4 is 39.0 Å². The van der Waals surface area contributed by atoms with Crippen LogP contribution in [0.4, 0.5) is 17.1 Å². The average molecular weight is 968 g/mol. The van der Waals surface area contributed by atoms with E-state index in [9.17, 15) is 0 Å². The normalized spacial score (nSPS) is 13.5. The molecule has 15 rings (SSSR count). The van der Waals surface area contributed by atoms with Crippen molar-refractivity contribution in [3.8, 4) is 44.5 Å². The van der Waals surface area contributed by atoms with Gasteiger partial charge in [-0.05, 0) is 144 Å². The maximum Gasteiger partial charge on any atom is 0.135 e. The fourth-order valence-corrected chi connectivity index (χ4v) is 13.3. The maximum absolute atomic E-state index is 6.29. The quantitative estimate of drug-likeness (QED) is 0.143. The molecule has 356 valence electrons. The van der Waals surface area contributed by atoms with Gasteiger partial charge in [-0.2, -0.15) is 0 Å². The molecule has 0 aliphatic heterocycles. The SMILES string of the molecule is c1ccc(C2(c3ccccc3)c3ccccc3-c3ccc(N(c4ccc(-c5cccc6c5-c5ccccc5C6(c5ccccc5)c5ccccc5)cc4)c4cccc(-c5ccc6oc7ccccc7c6c5)c4)cc32)cc1. The van der Waals surface area contributed by atoms with Gasteiger partial charge in [0.15, 0.2) is 0 Å². The van der Waals surface area contributed by atoms with Crippen molar-refractivity contribution in [3.05, 3.63) is 342 Å². The van der Waals surface area contributed by atoms with Crippen LogP contribution in [0.3, 0.4) is 0 Å². The number of hydrogen-bond acceptors (Lipinski definition) is 2. The zero-order valence-electron chi connectivity index (χ0n) is 41.6. The van der Waals surface area contributed by atoms with Gasteiger partial charge in [-0.25, -0.2) is 0 Å². The molecule has 1 aromatic heterocycles. The highest BCUT2D eigenvalue weighted by molar-refractivity contribution is 6.06. The monoisotopic (exact) mass is 967 g/mol. The first-order chi connectivity index (χ1) is 37.7. The second-order valence-corrected chi connectivity index (χ2v) is 20.3. The van der Waals surface area contributed by atoms with Crippen LogP contribution >= 0.6 is 0 Å². The van der Waals surface area contributed by atoms with Crippen LogP contribution in [0.1, 0.15) is 44.5 Å². The highest BCUT2D eigenvalue weighted by Crippen LogP contribution is 2.60.